The number of amides is 1. The molecule has 0 unspecified atom stereocenters. The smallest absolute Gasteiger partial charge is 0.335 e. The number of halogens is 1. The molecule has 9 heteroatoms. The summed E-state index contributed by atoms with van der Waals surface area (Å²) >= 11 is 6.11. The number of carbonyl (C=O) groups excluding carboxylic acids is 1. The van der Waals surface area contributed by atoms with Crippen LogP contribution < -0.4 is 10.0 Å². The Morgan fingerprint density at radius 2 is 1.55 bits per heavy atom. The van der Waals surface area contributed by atoms with Gasteiger partial charge in [0.2, 0.25) is 0 Å². The first kappa shape index (κ1) is 22.3. The molecule has 0 heterocycles. The van der Waals surface area contributed by atoms with Crippen LogP contribution >= 0.6 is 11.6 Å². The second-order valence-electron chi connectivity index (χ2n) is 6.62. The number of sulfonamides is 1. The van der Waals surface area contributed by atoms with Gasteiger partial charge in [-0.05, 0) is 54.4 Å². The van der Waals surface area contributed by atoms with Gasteiger partial charge in [-0.2, -0.15) is 0 Å². The Balaban J connectivity index is 1.65. The number of benzene rings is 3. The predicted octanol–water partition coefficient (Wildman–Crippen LogP) is 3.81. The summed E-state index contributed by atoms with van der Waals surface area (Å²) in [6.45, 7) is 0.318. The van der Waals surface area contributed by atoms with Gasteiger partial charge in [0.15, 0.2) is 0 Å². The van der Waals surface area contributed by atoms with E-state index in [0.29, 0.717) is 13.0 Å². The highest BCUT2D eigenvalue weighted by molar-refractivity contribution is 7.92. The molecule has 3 aromatic rings. The van der Waals surface area contributed by atoms with E-state index in [2.05, 4.69) is 10.0 Å². The van der Waals surface area contributed by atoms with Crippen molar-refractivity contribution >= 4 is 39.2 Å². The molecule has 0 saturated heterocycles. The molecular formula is C22H19ClN2O5S. The Kier molecular flexibility index (Phi) is 6.94. The van der Waals surface area contributed by atoms with Crippen molar-refractivity contribution in [3.8, 4) is 0 Å². The summed E-state index contributed by atoms with van der Waals surface area (Å²) in [6, 6.07) is 18.5. The van der Waals surface area contributed by atoms with Gasteiger partial charge in [0.1, 0.15) is 0 Å². The van der Waals surface area contributed by atoms with Gasteiger partial charge >= 0.3 is 5.97 Å². The summed E-state index contributed by atoms with van der Waals surface area (Å²) in [5, 5.41) is 11.8. The van der Waals surface area contributed by atoms with E-state index in [-0.39, 0.29) is 32.6 Å². The zero-order valence-electron chi connectivity index (χ0n) is 16.2. The van der Waals surface area contributed by atoms with E-state index in [0.717, 1.165) is 5.56 Å². The number of rotatable bonds is 8. The van der Waals surface area contributed by atoms with Crippen molar-refractivity contribution < 1.29 is 23.1 Å². The van der Waals surface area contributed by atoms with E-state index < -0.39 is 16.0 Å². The number of hydrogen-bond acceptors (Lipinski definition) is 4. The lowest BCUT2D eigenvalue weighted by atomic mass is 10.1. The normalized spacial score (nSPS) is 11.0. The summed E-state index contributed by atoms with van der Waals surface area (Å²) < 4.78 is 27.5. The lowest BCUT2D eigenvalue weighted by molar-refractivity contribution is 0.0696. The molecular weight excluding hydrogens is 440 g/mol. The lowest BCUT2D eigenvalue weighted by Gasteiger charge is -2.12. The maximum atomic E-state index is 12.5. The fourth-order valence-corrected chi connectivity index (χ4v) is 4.10. The second kappa shape index (κ2) is 9.63. The van der Waals surface area contributed by atoms with E-state index in [1.807, 2.05) is 0 Å². The molecule has 0 radical (unpaired) electrons. The number of carbonyl (C=O) groups is 2. The van der Waals surface area contributed by atoms with Gasteiger partial charge in [0.25, 0.3) is 15.9 Å². The molecule has 0 saturated carbocycles. The number of anilines is 1. The van der Waals surface area contributed by atoms with Gasteiger partial charge in [0.05, 0.1) is 21.2 Å². The zero-order valence-corrected chi connectivity index (χ0v) is 17.8. The monoisotopic (exact) mass is 458 g/mol. The van der Waals surface area contributed by atoms with Gasteiger partial charge in [0, 0.05) is 12.1 Å². The fourth-order valence-electron chi connectivity index (χ4n) is 2.78. The first-order valence-electron chi connectivity index (χ1n) is 9.24. The van der Waals surface area contributed by atoms with Crippen molar-refractivity contribution in [2.75, 3.05) is 11.3 Å². The summed E-state index contributed by atoms with van der Waals surface area (Å²) in [7, 11) is -3.85. The summed E-state index contributed by atoms with van der Waals surface area (Å²) in [4.78, 5) is 23.4. The van der Waals surface area contributed by atoms with Crippen molar-refractivity contribution in [1.29, 1.82) is 0 Å². The highest BCUT2D eigenvalue weighted by atomic mass is 35.5. The van der Waals surface area contributed by atoms with E-state index in [1.165, 1.54) is 42.5 Å². The molecule has 0 bridgehead atoms. The molecule has 0 spiro atoms. The van der Waals surface area contributed by atoms with Gasteiger partial charge in [-0.15, -0.1) is 0 Å². The summed E-state index contributed by atoms with van der Waals surface area (Å²) in [6.07, 6.45) is 0.507. The highest BCUT2D eigenvalue weighted by Gasteiger charge is 2.17. The van der Waals surface area contributed by atoms with Crippen LogP contribution in [-0.4, -0.2) is 31.9 Å². The van der Waals surface area contributed by atoms with E-state index in [4.69, 9.17) is 16.7 Å². The van der Waals surface area contributed by atoms with Crippen LogP contribution in [0.25, 0.3) is 0 Å². The van der Waals surface area contributed by atoms with Crippen LogP contribution in [0.4, 0.5) is 5.69 Å². The average Bonchev–Trinajstić information content (AvgIpc) is 2.76. The van der Waals surface area contributed by atoms with E-state index >= 15 is 0 Å². The first-order valence-corrected chi connectivity index (χ1v) is 11.1. The molecule has 7 nitrogen and oxygen atoms in total. The molecule has 160 valence electrons. The minimum atomic E-state index is -3.85. The Labute approximate surface area is 184 Å². The third-order valence-electron chi connectivity index (χ3n) is 4.43. The minimum Gasteiger partial charge on any atom is -0.478 e. The molecule has 31 heavy (non-hydrogen) atoms. The number of carboxylic acids is 1. The lowest BCUT2D eigenvalue weighted by Crippen LogP contribution is -2.26. The number of carboxylic acid groups (broad SMARTS) is 1. The first-order chi connectivity index (χ1) is 14.8. The largest absolute Gasteiger partial charge is 0.478 e. The minimum absolute atomic E-state index is 0.0786. The second-order valence-corrected chi connectivity index (χ2v) is 8.71. The topological polar surface area (TPSA) is 113 Å². The summed E-state index contributed by atoms with van der Waals surface area (Å²) in [5.41, 5.74) is 1.41. The van der Waals surface area contributed by atoms with Gasteiger partial charge < -0.3 is 10.4 Å². The van der Waals surface area contributed by atoms with Gasteiger partial charge in [-0.25, -0.2) is 13.2 Å². The van der Waals surface area contributed by atoms with Crippen LogP contribution in [0.1, 0.15) is 26.3 Å². The Bertz CT molecular complexity index is 1200. The molecule has 3 rings (SSSR count). The maximum absolute atomic E-state index is 12.5. The molecule has 0 fully saturated rings. The third-order valence-corrected chi connectivity index (χ3v) is 6.14. The Hall–Kier alpha value is -3.36. The molecule has 3 N–H and O–H groups in total. The molecule has 0 aliphatic carbocycles. The quantitative estimate of drug-likeness (QED) is 0.475. The molecule has 3 aromatic carbocycles. The van der Waals surface area contributed by atoms with E-state index in [9.17, 15) is 18.0 Å². The van der Waals surface area contributed by atoms with Crippen molar-refractivity contribution in [1.82, 2.24) is 5.32 Å². The van der Waals surface area contributed by atoms with Crippen LogP contribution in [-0.2, 0) is 16.4 Å². The molecule has 0 aliphatic heterocycles. The Morgan fingerprint density at radius 1 is 0.903 bits per heavy atom. The number of hydrogen-bond donors (Lipinski definition) is 3. The molecule has 0 aromatic heterocycles. The highest BCUT2D eigenvalue weighted by Crippen LogP contribution is 2.26. The van der Waals surface area contributed by atoms with Crippen molar-refractivity contribution in [2.45, 2.75) is 11.3 Å². The van der Waals surface area contributed by atoms with Crippen LogP contribution in [0.15, 0.2) is 77.7 Å². The molecule has 0 atom stereocenters. The van der Waals surface area contributed by atoms with Crippen molar-refractivity contribution in [3.63, 3.8) is 0 Å². The van der Waals surface area contributed by atoms with Crippen LogP contribution in [0.3, 0.4) is 0 Å². The maximum Gasteiger partial charge on any atom is 0.335 e. The summed E-state index contributed by atoms with van der Waals surface area (Å²) in [5.74, 6) is -1.39. The van der Waals surface area contributed by atoms with Crippen LogP contribution in [0, 0.1) is 0 Å². The number of nitrogens with one attached hydrogen (secondary N) is 2. The van der Waals surface area contributed by atoms with E-state index in [1.54, 1.807) is 30.3 Å². The molecule has 1 amide bonds. The van der Waals surface area contributed by atoms with Crippen LogP contribution in [0.5, 0.6) is 0 Å². The fraction of sp³-hybridized carbons (Fsp3) is 0.0909. The molecule has 0 aliphatic rings. The van der Waals surface area contributed by atoms with Crippen molar-refractivity contribution in [2.24, 2.45) is 0 Å². The van der Waals surface area contributed by atoms with Crippen molar-refractivity contribution in [3.05, 3.63) is 94.5 Å². The zero-order chi connectivity index (χ0) is 22.4. The number of aromatic carboxylic acids is 1. The third kappa shape index (κ3) is 5.84. The average molecular weight is 459 g/mol. The SMILES string of the molecule is O=C(O)c1ccc(CCNC(=O)c2ccc(Cl)c(NS(=O)(=O)c3ccccc3)c2)cc1. The van der Waals surface area contributed by atoms with Gasteiger partial charge in [-0.1, -0.05) is 41.9 Å². The predicted molar refractivity (Wildman–Crippen MR) is 118 cm³/mol. The Morgan fingerprint density at radius 3 is 2.19 bits per heavy atom. The standard InChI is InChI=1S/C22H19ClN2O5S/c23-19-11-10-17(14-20(19)25-31(29,30)18-4-2-1-3-5-18)21(26)24-13-12-15-6-8-16(9-7-15)22(27)28/h1-11,14,25H,12-13H2,(H,24,26)(H,27,28). The van der Waals surface area contributed by atoms with Crippen LogP contribution in [0.2, 0.25) is 5.02 Å². The van der Waals surface area contributed by atoms with Gasteiger partial charge in [-0.3, -0.25) is 9.52 Å².